The average molecular weight is 784 g/mol. The molecule has 0 saturated carbocycles. The third kappa shape index (κ3) is 11.4. The number of rotatable bonds is 24. The largest absolute Gasteiger partial charge is 0.506 e. The smallest absolute Gasteiger partial charge is 0.258 e. The van der Waals surface area contributed by atoms with Crippen LogP contribution in [0.25, 0.3) is 0 Å². The molecule has 1 fully saturated rings. The predicted octanol–water partition coefficient (Wildman–Crippen LogP) is 9.32. The van der Waals surface area contributed by atoms with Crippen LogP contribution < -0.4 is 10.4 Å². The van der Waals surface area contributed by atoms with Crippen LogP contribution in [0.1, 0.15) is 117 Å². The van der Waals surface area contributed by atoms with E-state index in [1.54, 1.807) is 6.07 Å². The molecule has 3 aromatic carbocycles. The molecule has 5 atom stereocenters. The van der Waals surface area contributed by atoms with Gasteiger partial charge in [0.25, 0.3) is 8.32 Å². The van der Waals surface area contributed by atoms with Crippen molar-refractivity contribution in [3.8, 4) is 5.75 Å². The molecule has 1 heterocycles. The number of ether oxygens (including phenoxy) is 5. The van der Waals surface area contributed by atoms with Gasteiger partial charge in [0.1, 0.15) is 36.3 Å². The van der Waals surface area contributed by atoms with Crippen molar-refractivity contribution < 1.29 is 33.6 Å². The monoisotopic (exact) mass is 782 g/mol. The van der Waals surface area contributed by atoms with Crippen molar-refractivity contribution >= 4 is 30.3 Å². The number of hydrogen-bond donors (Lipinski definition) is 2. The Morgan fingerprint density at radius 1 is 0.704 bits per heavy atom. The summed E-state index contributed by atoms with van der Waals surface area (Å²) in [4.78, 5) is 12.8. The molecule has 2 N–H and O–H groups in total. The maximum absolute atomic E-state index is 12.8. The molecule has 54 heavy (non-hydrogen) atoms. The Morgan fingerprint density at radius 3 is 1.74 bits per heavy atom. The first-order chi connectivity index (χ1) is 26.1. The van der Waals surface area contributed by atoms with E-state index < -0.39 is 37.8 Å². The Hall–Kier alpha value is -2.27. The Labute approximate surface area is 331 Å². The van der Waals surface area contributed by atoms with Gasteiger partial charge in [0.05, 0.1) is 11.6 Å². The summed E-state index contributed by atoms with van der Waals surface area (Å²) in [6, 6.07) is 23.9. The Kier molecular flexibility index (Phi) is 18.5. The van der Waals surface area contributed by atoms with E-state index in [9.17, 15) is 9.90 Å². The van der Waals surface area contributed by atoms with Gasteiger partial charge in [0, 0.05) is 26.4 Å². The number of benzene rings is 3. The molecule has 0 radical (unpaired) electrons. The maximum Gasteiger partial charge on any atom is 0.258 e. The molecule has 0 spiro atoms. The summed E-state index contributed by atoms with van der Waals surface area (Å²) in [5.74, 6) is -0.00276. The van der Waals surface area contributed by atoms with E-state index in [1.807, 2.05) is 60.7 Å². The zero-order valence-corrected chi connectivity index (χ0v) is 35.5. The van der Waals surface area contributed by atoms with E-state index in [-0.39, 0.29) is 11.9 Å². The van der Waals surface area contributed by atoms with E-state index in [4.69, 9.17) is 35.3 Å². The molecule has 1 aliphatic heterocycles. The Morgan fingerprint density at radius 2 is 1.20 bits per heavy atom. The summed E-state index contributed by atoms with van der Waals surface area (Å²) in [5.41, 5.74) is 1.58. The summed E-state index contributed by atoms with van der Waals surface area (Å²) in [6.07, 6.45) is 6.74. The summed E-state index contributed by atoms with van der Waals surface area (Å²) in [6.45, 7) is 15.7. The fraction of sp³-hybridized carbons (Fsp3) is 0.600. The number of aromatic hydroxyl groups is 1. The number of phenols is 1. The lowest BCUT2D eigenvalue weighted by molar-refractivity contribution is -0.268. The highest BCUT2D eigenvalue weighted by Crippen LogP contribution is 2.44. The van der Waals surface area contributed by atoms with Crippen molar-refractivity contribution in [1.82, 2.24) is 0 Å². The molecule has 3 aromatic rings. The minimum atomic E-state index is -3.26. The minimum absolute atomic E-state index is 0.00276. The topological polar surface area (TPSA) is 86.6 Å². The molecule has 0 bridgehead atoms. The van der Waals surface area contributed by atoms with Gasteiger partial charge in [-0.15, -0.1) is 0 Å². The number of halogens is 1. The lowest BCUT2D eigenvalue weighted by atomic mass is 9.89. The van der Waals surface area contributed by atoms with Gasteiger partial charge >= 0.3 is 0 Å². The predicted molar refractivity (Wildman–Crippen MR) is 223 cm³/mol. The van der Waals surface area contributed by atoms with Crippen molar-refractivity contribution in [2.24, 2.45) is 0 Å². The summed E-state index contributed by atoms with van der Waals surface area (Å²) in [7, 11) is -3.26. The van der Waals surface area contributed by atoms with Gasteiger partial charge in [0.15, 0.2) is 0 Å². The number of aryl methyl sites for hydroxylation is 1. The molecule has 300 valence electrons. The highest BCUT2D eigenvalue weighted by molar-refractivity contribution is 6.98. The quantitative estimate of drug-likeness (QED) is 0.0692. The fourth-order valence-electron chi connectivity index (χ4n) is 7.40. The van der Waals surface area contributed by atoms with Crippen LogP contribution in [-0.4, -0.2) is 75.7 Å². The zero-order valence-electron chi connectivity index (χ0n) is 33.7. The molecule has 1 unspecified atom stereocenters. The van der Waals surface area contributed by atoms with Gasteiger partial charge < -0.3 is 33.6 Å². The number of unbranched alkanes of at least 4 members (excludes halogenated alkanes) is 4. The van der Waals surface area contributed by atoms with Gasteiger partial charge in [-0.25, -0.2) is 0 Å². The van der Waals surface area contributed by atoms with Crippen LogP contribution in [0.15, 0.2) is 72.8 Å². The van der Waals surface area contributed by atoms with Crippen LogP contribution >= 0.6 is 11.6 Å². The van der Waals surface area contributed by atoms with Crippen molar-refractivity contribution in [2.75, 3.05) is 33.0 Å². The second kappa shape index (κ2) is 22.5. The second-order valence-corrected chi connectivity index (χ2v) is 19.7. The van der Waals surface area contributed by atoms with Crippen LogP contribution in [0.2, 0.25) is 10.1 Å². The van der Waals surface area contributed by atoms with Crippen LogP contribution in [0.3, 0.4) is 0 Å². The SMILES string of the molecule is CCCCOC[C@H]1OC(c2cc(O)c(Cl)c(CCC(C)(C)[Si](O)(c3ccccc3)c3ccccc3)c2)[C@H](OCCCC)[C@@H](OCCCC)[C@@H]1OCCCC. The molecule has 9 heteroatoms. The standard InChI is InChI=1S/C45H67ClO7Si/c1-7-11-27-49-33-39-42(50-28-12-8-2)44(52-30-14-10-4)43(51-29-13-9-3)41(53-39)35-31-34(40(46)38(47)32-35)25-26-45(5,6)54(48,36-21-17-15-18-22-36)37-23-19-16-20-24-37/h15-24,31-32,39,41-44,47-48H,7-14,25-30,33H2,1-6H3/t39-,41?,42-,43+,44+/m1/s1. The highest BCUT2D eigenvalue weighted by Gasteiger charge is 2.51. The molecule has 4 rings (SSSR count). The van der Waals surface area contributed by atoms with E-state index in [1.165, 1.54) is 0 Å². The van der Waals surface area contributed by atoms with E-state index in [2.05, 4.69) is 47.6 Å². The van der Waals surface area contributed by atoms with Gasteiger partial charge in [0.2, 0.25) is 0 Å². The van der Waals surface area contributed by atoms with Crippen LogP contribution in [0.4, 0.5) is 0 Å². The van der Waals surface area contributed by atoms with Crippen molar-refractivity contribution in [3.05, 3.63) is 88.9 Å². The Bertz CT molecular complexity index is 1450. The first-order valence-corrected chi connectivity index (χ1v) is 22.9. The summed E-state index contributed by atoms with van der Waals surface area (Å²) in [5, 5.41) is 13.1. The van der Waals surface area contributed by atoms with Crippen molar-refractivity contribution in [3.63, 3.8) is 0 Å². The summed E-state index contributed by atoms with van der Waals surface area (Å²) >= 11 is 6.92. The molecule has 1 aliphatic rings. The molecule has 0 aliphatic carbocycles. The van der Waals surface area contributed by atoms with Crippen molar-refractivity contribution in [2.45, 2.75) is 141 Å². The molecule has 1 saturated heterocycles. The van der Waals surface area contributed by atoms with Gasteiger partial charge in [-0.05, 0) is 71.1 Å². The number of phenolic OH excluding ortho intramolecular Hbond substituents is 1. The Balaban J connectivity index is 1.73. The minimum Gasteiger partial charge on any atom is -0.506 e. The lowest BCUT2D eigenvalue weighted by Crippen LogP contribution is -2.65. The van der Waals surface area contributed by atoms with Crippen LogP contribution in [0, 0.1) is 0 Å². The van der Waals surface area contributed by atoms with E-state index in [0.29, 0.717) is 50.9 Å². The second-order valence-electron chi connectivity index (χ2n) is 15.4. The maximum atomic E-state index is 12.8. The molecule has 0 aromatic heterocycles. The normalized spacial score (nSPS) is 20.7. The molecule has 7 nitrogen and oxygen atoms in total. The lowest BCUT2D eigenvalue weighted by Gasteiger charge is -2.46. The zero-order chi connectivity index (χ0) is 39.0. The molecular formula is C45H67ClO7Si. The van der Waals surface area contributed by atoms with Gasteiger partial charge in [-0.1, -0.05) is 146 Å². The first-order valence-electron chi connectivity index (χ1n) is 20.5. The van der Waals surface area contributed by atoms with E-state index >= 15 is 0 Å². The van der Waals surface area contributed by atoms with Gasteiger partial charge in [-0.2, -0.15) is 0 Å². The van der Waals surface area contributed by atoms with Gasteiger partial charge in [-0.3, -0.25) is 0 Å². The molecular weight excluding hydrogens is 716 g/mol. The number of hydrogen-bond acceptors (Lipinski definition) is 7. The summed E-state index contributed by atoms with van der Waals surface area (Å²) < 4.78 is 33.2. The van der Waals surface area contributed by atoms with Crippen LogP contribution in [0.5, 0.6) is 5.75 Å². The third-order valence-corrected chi connectivity index (χ3v) is 15.8. The molecule has 0 amide bonds. The fourth-order valence-corrected chi connectivity index (χ4v) is 11.3. The first kappa shape index (κ1) is 44.4. The average Bonchev–Trinajstić information content (AvgIpc) is 3.18. The van der Waals surface area contributed by atoms with Crippen LogP contribution in [-0.2, 0) is 30.1 Å². The third-order valence-electron chi connectivity index (χ3n) is 10.8. The highest BCUT2D eigenvalue weighted by atomic mass is 35.5. The van der Waals surface area contributed by atoms with Crippen molar-refractivity contribution in [1.29, 1.82) is 0 Å². The van der Waals surface area contributed by atoms with E-state index in [0.717, 1.165) is 72.9 Å².